The summed E-state index contributed by atoms with van der Waals surface area (Å²) in [6.07, 6.45) is 5.82. The first-order chi connectivity index (χ1) is 15.2. The maximum absolute atomic E-state index is 13.4. The summed E-state index contributed by atoms with van der Waals surface area (Å²) in [7, 11) is 0. The van der Waals surface area contributed by atoms with Crippen LogP contribution in [0, 0.1) is 0 Å². The Morgan fingerprint density at radius 3 is 2.39 bits per heavy atom. The van der Waals surface area contributed by atoms with Crippen molar-refractivity contribution < 1.29 is 14.3 Å². The van der Waals surface area contributed by atoms with Crippen molar-refractivity contribution in [1.29, 1.82) is 0 Å². The quantitative estimate of drug-likeness (QED) is 0.297. The third kappa shape index (κ3) is 4.78. The Bertz CT molecular complexity index is 1100. The number of hydrogen-bond acceptors (Lipinski definition) is 4. The van der Waals surface area contributed by atoms with Gasteiger partial charge in [-0.3, -0.25) is 4.79 Å². The van der Waals surface area contributed by atoms with Crippen LogP contribution in [0.15, 0.2) is 60.7 Å². The number of ether oxygens (including phenoxy) is 1. The lowest BCUT2D eigenvalue weighted by Gasteiger charge is -2.13. The van der Waals surface area contributed by atoms with E-state index in [1.165, 1.54) is 16.2 Å². The van der Waals surface area contributed by atoms with Gasteiger partial charge in [-0.05, 0) is 55.4 Å². The molecule has 4 nitrogen and oxygen atoms in total. The van der Waals surface area contributed by atoms with E-state index >= 15 is 0 Å². The number of esters is 1. The van der Waals surface area contributed by atoms with E-state index in [1.54, 1.807) is 6.92 Å². The highest BCUT2D eigenvalue weighted by Gasteiger charge is 2.28. The molecule has 1 heterocycles. The third-order valence-electron chi connectivity index (χ3n) is 5.32. The van der Waals surface area contributed by atoms with Crippen LogP contribution in [0.4, 0.5) is 5.00 Å². The number of carbonyl (C=O) groups is 2. The van der Waals surface area contributed by atoms with Gasteiger partial charge in [0.05, 0.1) is 12.2 Å². The molecule has 4 rings (SSSR count). The average molecular weight is 432 g/mol. The second-order valence-electron chi connectivity index (χ2n) is 7.42. The zero-order chi connectivity index (χ0) is 21.6. The monoisotopic (exact) mass is 431 g/mol. The van der Waals surface area contributed by atoms with E-state index in [9.17, 15) is 9.59 Å². The van der Waals surface area contributed by atoms with Crippen LogP contribution in [0.25, 0.3) is 11.6 Å². The summed E-state index contributed by atoms with van der Waals surface area (Å²) in [5.74, 6) is -0.593. The number of nitrogens with one attached hydrogen (secondary N) is 1. The minimum atomic E-state index is -0.356. The molecule has 0 bridgehead atoms. The number of anilines is 1. The van der Waals surface area contributed by atoms with Crippen molar-refractivity contribution in [1.82, 2.24) is 0 Å². The molecule has 5 heteroatoms. The Kier molecular flexibility index (Phi) is 6.63. The van der Waals surface area contributed by atoms with E-state index in [-0.39, 0.29) is 11.9 Å². The Morgan fingerprint density at radius 1 is 1.00 bits per heavy atom. The summed E-state index contributed by atoms with van der Waals surface area (Å²) in [6.45, 7) is 2.10. The molecule has 0 spiro atoms. The molecule has 158 valence electrons. The molecule has 0 radical (unpaired) electrons. The topological polar surface area (TPSA) is 55.4 Å². The molecular formula is C26H25NO3S. The van der Waals surface area contributed by atoms with Crippen molar-refractivity contribution in [3.63, 3.8) is 0 Å². The van der Waals surface area contributed by atoms with E-state index < -0.39 is 0 Å². The van der Waals surface area contributed by atoms with Crippen molar-refractivity contribution in [3.8, 4) is 0 Å². The highest BCUT2D eigenvalue weighted by atomic mass is 32.1. The third-order valence-corrected chi connectivity index (χ3v) is 6.53. The predicted octanol–water partition coefficient (Wildman–Crippen LogP) is 5.98. The lowest BCUT2D eigenvalue weighted by molar-refractivity contribution is -0.111. The second kappa shape index (κ2) is 9.75. The molecule has 0 aliphatic heterocycles. The average Bonchev–Trinajstić information content (AvgIpc) is 3.16. The fourth-order valence-electron chi connectivity index (χ4n) is 3.86. The summed E-state index contributed by atoms with van der Waals surface area (Å²) in [6, 6.07) is 19.3. The van der Waals surface area contributed by atoms with Crippen LogP contribution >= 0.6 is 11.3 Å². The molecule has 0 saturated heterocycles. The lowest BCUT2D eigenvalue weighted by Crippen LogP contribution is -2.16. The molecule has 1 amide bonds. The van der Waals surface area contributed by atoms with Gasteiger partial charge in [-0.25, -0.2) is 4.79 Å². The van der Waals surface area contributed by atoms with E-state index in [1.807, 2.05) is 66.7 Å². The van der Waals surface area contributed by atoms with Crippen molar-refractivity contribution in [2.45, 2.75) is 32.6 Å². The first kappa shape index (κ1) is 21.1. The van der Waals surface area contributed by atoms with Crippen LogP contribution in [0.3, 0.4) is 0 Å². The molecule has 3 aromatic rings. The molecule has 2 aromatic carbocycles. The second-order valence-corrected chi connectivity index (χ2v) is 8.53. The molecule has 0 unspecified atom stereocenters. The Hall–Kier alpha value is -3.18. The molecule has 0 saturated carbocycles. The molecule has 0 atom stereocenters. The molecular weight excluding hydrogens is 406 g/mol. The normalized spacial score (nSPS) is 13.4. The van der Waals surface area contributed by atoms with Crippen LogP contribution in [0.1, 0.15) is 51.7 Å². The number of benzene rings is 2. The summed E-state index contributed by atoms with van der Waals surface area (Å²) in [5.41, 5.74) is 3.88. The molecule has 1 N–H and O–H groups in total. The van der Waals surface area contributed by atoms with E-state index in [2.05, 4.69) is 5.32 Å². The summed E-state index contributed by atoms with van der Waals surface area (Å²) in [5, 5.41) is 3.62. The van der Waals surface area contributed by atoms with Gasteiger partial charge in [0.2, 0.25) is 0 Å². The van der Waals surface area contributed by atoms with E-state index in [0.29, 0.717) is 22.7 Å². The fourth-order valence-corrected chi connectivity index (χ4v) is 5.13. The Morgan fingerprint density at radius 2 is 1.68 bits per heavy atom. The van der Waals surface area contributed by atoms with Gasteiger partial charge in [0.15, 0.2) is 0 Å². The van der Waals surface area contributed by atoms with Crippen LogP contribution in [-0.2, 0) is 22.4 Å². The van der Waals surface area contributed by atoms with Crippen molar-refractivity contribution in [3.05, 3.63) is 87.8 Å². The summed E-state index contributed by atoms with van der Waals surface area (Å²) < 4.78 is 5.32. The van der Waals surface area contributed by atoms with E-state index in [0.717, 1.165) is 42.4 Å². The number of rotatable bonds is 6. The number of thiophene rings is 1. The first-order valence-corrected chi connectivity index (χ1v) is 11.4. The summed E-state index contributed by atoms with van der Waals surface area (Å²) in [4.78, 5) is 27.3. The van der Waals surface area contributed by atoms with Crippen LogP contribution in [0.2, 0.25) is 0 Å². The molecule has 1 aromatic heterocycles. The van der Waals surface area contributed by atoms with Gasteiger partial charge in [0.25, 0.3) is 5.91 Å². The van der Waals surface area contributed by atoms with Crippen LogP contribution < -0.4 is 5.32 Å². The van der Waals surface area contributed by atoms with Crippen molar-refractivity contribution >= 4 is 39.9 Å². The fraction of sp³-hybridized carbons (Fsp3) is 0.231. The van der Waals surface area contributed by atoms with Crippen LogP contribution in [0.5, 0.6) is 0 Å². The zero-order valence-corrected chi connectivity index (χ0v) is 18.3. The molecule has 1 aliphatic carbocycles. The number of aryl methyl sites for hydroxylation is 1. The van der Waals surface area contributed by atoms with Gasteiger partial charge in [-0.1, -0.05) is 60.7 Å². The highest BCUT2D eigenvalue weighted by molar-refractivity contribution is 7.17. The number of fused-ring (bicyclic) bond motifs is 1. The predicted molar refractivity (Wildman–Crippen MR) is 126 cm³/mol. The van der Waals surface area contributed by atoms with Gasteiger partial charge in [-0.2, -0.15) is 0 Å². The number of hydrogen-bond donors (Lipinski definition) is 1. The standard InChI is InChI=1S/C26H25NO3S/c1-2-30-26(29)23-20-15-9-10-16-22(20)31-25(23)27-24(28)21(19-13-7-4-8-14-19)17-18-11-5-3-6-12-18/h3-8,11-14,17H,2,9-10,15-16H2,1H3,(H,27,28). The van der Waals surface area contributed by atoms with Crippen LogP contribution in [-0.4, -0.2) is 18.5 Å². The van der Waals surface area contributed by atoms with Gasteiger partial charge in [-0.15, -0.1) is 11.3 Å². The minimum Gasteiger partial charge on any atom is -0.462 e. The van der Waals surface area contributed by atoms with Crippen molar-refractivity contribution in [2.75, 3.05) is 11.9 Å². The van der Waals surface area contributed by atoms with Crippen molar-refractivity contribution in [2.24, 2.45) is 0 Å². The Balaban J connectivity index is 1.72. The lowest BCUT2D eigenvalue weighted by atomic mass is 9.95. The maximum atomic E-state index is 13.4. The first-order valence-electron chi connectivity index (χ1n) is 10.6. The molecule has 0 fully saturated rings. The minimum absolute atomic E-state index is 0.237. The SMILES string of the molecule is CCOC(=O)c1c(NC(=O)C(=Cc2ccccc2)c2ccccc2)sc2c1CCCC2. The van der Waals surface area contributed by atoms with E-state index in [4.69, 9.17) is 4.74 Å². The van der Waals surface area contributed by atoms with Gasteiger partial charge >= 0.3 is 5.97 Å². The van der Waals surface area contributed by atoms with Gasteiger partial charge < -0.3 is 10.1 Å². The maximum Gasteiger partial charge on any atom is 0.341 e. The number of amides is 1. The zero-order valence-electron chi connectivity index (χ0n) is 17.5. The van der Waals surface area contributed by atoms with Gasteiger partial charge in [0, 0.05) is 10.5 Å². The Labute approximate surface area is 186 Å². The smallest absolute Gasteiger partial charge is 0.341 e. The largest absolute Gasteiger partial charge is 0.462 e. The molecule has 1 aliphatic rings. The summed E-state index contributed by atoms with van der Waals surface area (Å²) >= 11 is 1.50. The number of carbonyl (C=O) groups excluding carboxylic acids is 2. The highest BCUT2D eigenvalue weighted by Crippen LogP contribution is 2.39. The molecule has 31 heavy (non-hydrogen) atoms. The van der Waals surface area contributed by atoms with Gasteiger partial charge in [0.1, 0.15) is 5.00 Å².